The van der Waals surface area contributed by atoms with Crippen LogP contribution in [0.25, 0.3) is 0 Å². The van der Waals surface area contributed by atoms with Crippen molar-refractivity contribution in [2.75, 3.05) is 6.54 Å². The van der Waals surface area contributed by atoms with Gasteiger partial charge < -0.3 is 15.6 Å². The van der Waals surface area contributed by atoms with Gasteiger partial charge in [0.2, 0.25) is 11.8 Å². The van der Waals surface area contributed by atoms with Crippen molar-refractivity contribution in [3.63, 3.8) is 0 Å². The van der Waals surface area contributed by atoms with E-state index >= 15 is 0 Å². The van der Waals surface area contributed by atoms with Gasteiger partial charge in [-0.25, -0.2) is 4.98 Å². The Morgan fingerprint density at radius 2 is 2.11 bits per heavy atom. The number of aromatic amines is 1. The minimum absolute atomic E-state index is 0.00713. The fourth-order valence-corrected chi connectivity index (χ4v) is 1.52. The Labute approximate surface area is 107 Å². The standard InChI is InChI=1S/C12H20N4O2/c1-10(17)14-6-4-2-3-5-12(18)15-8-11-7-13-9-16-11/h7,9H,2-6,8H2,1H3,(H,13,16)(H,14,17)(H,15,18). The highest BCUT2D eigenvalue weighted by atomic mass is 16.2. The van der Waals surface area contributed by atoms with Crippen molar-refractivity contribution in [1.29, 1.82) is 0 Å². The van der Waals surface area contributed by atoms with E-state index in [1.807, 2.05) is 0 Å². The summed E-state index contributed by atoms with van der Waals surface area (Å²) in [7, 11) is 0. The first-order valence-electron chi connectivity index (χ1n) is 6.17. The lowest BCUT2D eigenvalue weighted by Gasteiger charge is -2.04. The van der Waals surface area contributed by atoms with Crippen molar-refractivity contribution in [2.24, 2.45) is 0 Å². The van der Waals surface area contributed by atoms with Crippen LogP contribution < -0.4 is 10.6 Å². The van der Waals surface area contributed by atoms with E-state index in [0.29, 0.717) is 19.5 Å². The number of carbonyl (C=O) groups excluding carboxylic acids is 2. The Kier molecular flexibility index (Phi) is 6.53. The lowest BCUT2D eigenvalue weighted by Crippen LogP contribution is -2.23. The molecule has 6 nitrogen and oxygen atoms in total. The number of amides is 2. The largest absolute Gasteiger partial charge is 0.356 e. The number of hydrogen-bond donors (Lipinski definition) is 3. The van der Waals surface area contributed by atoms with Crippen molar-refractivity contribution in [2.45, 2.75) is 39.2 Å². The van der Waals surface area contributed by atoms with E-state index in [1.54, 1.807) is 12.5 Å². The van der Waals surface area contributed by atoms with Crippen molar-refractivity contribution >= 4 is 11.8 Å². The molecular weight excluding hydrogens is 232 g/mol. The Morgan fingerprint density at radius 1 is 1.28 bits per heavy atom. The summed E-state index contributed by atoms with van der Waals surface area (Å²) < 4.78 is 0. The minimum Gasteiger partial charge on any atom is -0.356 e. The second kappa shape index (κ2) is 8.27. The van der Waals surface area contributed by atoms with Gasteiger partial charge in [0.1, 0.15) is 0 Å². The lowest BCUT2D eigenvalue weighted by atomic mass is 10.2. The fraction of sp³-hybridized carbons (Fsp3) is 0.583. The second-order valence-corrected chi connectivity index (χ2v) is 4.15. The number of carbonyl (C=O) groups is 2. The number of nitrogens with zero attached hydrogens (tertiary/aromatic N) is 1. The Balaban J connectivity index is 1.95. The minimum atomic E-state index is -0.00713. The van der Waals surface area contributed by atoms with Gasteiger partial charge in [0.15, 0.2) is 0 Å². The van der Waals surface area contributed by atoms with Gasteiger partial charge in [-0.05, 0) is 12.8 Å². The van der Waals surface area contributed by atoms with Crippen LogP contribution in [0.1, 0.15) is 38.3 Å². The van der Waals surface area contributed by atoms with E-state index in [2.05, 4.69) is 20.6 Å². The van der Waals surface area contributed by atoms with Gasteiger partial charge in [-0.1, -0.05) is 6.42 Å². The summed E-state index contributed by atoms with van der Waals surface area (Å²) in [5.74, 6) is 0.0384. The maximum absolute atomic E-state index is 11.5. The Bertz CT molecular complexity index is 362. The normalized spacial score (nSPS) is 10.1. The highest BCUT2D eigenvalue weighted by Gasteiger charge is 2.01. The monoisotopic (exact) mass is 252 g/mol. The quantitative estimate of drug-likeness (QED) is 0.596. The molecule has 0 aromatic carbocycles. The second-order valence-electron chi connectivity index (χ2n) is 4.15. The molecule has 0 bridgehead atoms. The Hall–Kier alpha value is -1.85. The first-order chi connectivity index (χ1) is 8.68. The van der Waals surface area contributed by atoms with Gasteiger partial charge in [0.05, 0.1) is 18.6 Å². The average Bonchev–Trinajstić information content (AvgIpc) is 2.83. The highest BCUT2D eigenvalue weighted by molar-refractivity contribution is 5.75. The van der Waals surface area contributed by atoms with Crippen LogP contribution in [0.4, 0.5) is 0 Å². The molecule has 1 aromatic heterocycles. The SMILES string of the molecule is CC(=O)NCCCCCC(=O)NCc1cnc[nH]1. The van der Waals surface area contributed by atoms with E-state index in [0.717, 1.165) is 25.0 Å². The summed E-state index contributed by atoms with van der Waals surface area (Å²) in [4.78, 5) is 28.9. The summed E-state index contributed by atoms with van der Waals surface area (Å²) in [6.07, 6.45) is 6.49. The number of H-pyrrole nitrogens is 1. The third-order valence-electron chi connectivity index (χ3n) is 2.49. The van der Waals surface area contributed by atoms with Gasteiger partial charge in [0.25, 0.3) is 0 Å². The topological polar surface area (TPSA) is 86.9 Å². The van der Waals surface area contributed by atoms with Gasteiger partial charge in [0, 0.05) is 26.1 Å². The molecule has 0 aliphatic rings. The molecule has 0 radical (unpaired) electrons. The number of hydrogen-bond acceptors (Lipinski definition) is 3. The summed E-state index contributed by atoms with van der Waals surface area (Å²) in [5, 5.41) is 5.54. The van der Waals surface area contributed by atoms with Crippen LogP contribution in [-0.2, 0) is 16.1 Å². The molecule has 0 saturated carbocycles. The number of imidazole rings is 1. The maximum atomic E-state index is 11.5. The van der Waals surface area contributed by atoms with E-state index in [-0.39, 0.29) is 11.8 Å². The Morgan fingerprint density at radius 3 is 2.78 bits per heavy atom. The third-order valence-corrected chi connectivity index (χ3v) is 2.49. The smallest absolute Gasteiger partial charge is 0.220 e. The zero-order valence-electron chi connectivity index (χ0n) is 10.7. The van der Waals surface area contributed by atoms with Crippen molar-refractivity contribution in [1.82, 2.24) is 20.6 Å². The molecule has 0 atom stereocenters. The van der Waals surface area contributed by atoms with Crippen LogP contribution >= 0.6 is 0 Å². The van der Waals surface area contributed by atoms with E-state index < -0.39 is 0 Å². The predicted octanol–water partition coefficient (Wildman–Crippen LogP) is 0.722. The molecule has 3 N–H and O–H groups in total. The summed E-state index contributed by atoms with van der Waals surface area (Å²) in [6, 6.07) is 0. The number of aromatic nitrogens is 2. The van der Waals surface area contributed by atoms with Crippen molar-refractivity contribution < 1.29 is 9.59 Å². The third kappa shape index (κ3) is 6.67. The first kappa shape index (κ1) is 14.2. The molecular formula is C12H20N4O2. The van der Waals surface area contributed by atoms with Crippen LogP contribution in [0.3, 0.4) is 0 Å². The van der Waals surface area contributed by atoms with Gasteiger partial charge in [-0.2, -0.15) is 0 Å². The molecule has 6 heteroatoms. The molecule has 0 fully saturated rings. The van der Waals surface area contributed by atoms with E-state index in [1.165, 1.54) is 6.92 Å². The van der Waals surface area contributed by atoms with Crippen LogP contribution in [0.5, 0.6) is 0 Å². The first-order valence-corrected chi connectivity index (χ1v) is 6.17. The highest BCUT2D eigenvalue weighted by Crippen LogP contribution is 1.99. The average molecular weight is 252 g/mol. The molecule has 0 aliphatic heterocycles. The van der Waals surface area contributed by atoms with Crippen LogP contribution in [0.15, 0.2) is 12.5 Å². The predicted molar refractivity (Wildman–Crippen MR) is 67.6 cm³/mol. The van der Waals surface area contributed by atoms with Crippen molar-refractivity contribution in [3.8, 4) is 0 Å². The molecule has 1 rings (SSSR count). The van der Waals surface area contributed by atoms with Gasteiger partial charge in [-0.3, -0.25) is 9.59 Å². The molecule has 1 heterocycles. The van der Waals surface area contributed by atoms with E-state index in [4.69, 9.17) is 0 Å². The molecule has 18 heavy (non-hydrogen) atoms. The van der Waals surface area contributed by atoms with Crippen molar-refractivity contribution in [3.05, 3.63) is 18.2 Å². The number of nitrogens with one attached hydrogen (secondary N) is 3. The fourth-order valence-electron chi connectivity index (χ4n) is 1.52. The van der Waals surface area contributed by atoms with Gasteiger partial charge >= 0.3 is 0 Å². The van der Waals surface area contributed by atoms with Crippen LogP contribution in [0, 0.1) is 0 Å². The molecule has 1 aromatic rings. The number of unbranched alkanes of at least 4 members (excludes halogenated alkanes) is 2. The maximum Gasteiger partial charge on any atom is 0.220 e. The molecule has 0 spiro atoms. The number of rotatable bonds is 8. The molecule has 0 saturated heterocycles. The summed E-state index contributed by atoms with van der Waals surface area (Å²) >= 11 is 0. The molecule has 2 amide bonds. The summed E-state index contributed by atoms with van der Waals surface area (Å²) in [5.41, 5.74) is 0.897. The molecule has 0 aliphatic carbocycles. The lowest BCUT2D eigenvalue weighted by molar-refractivity contribution is -0.121. The molecule has 100 valence electrons. The van der Waals surface area contributed by atoms with Gasteiger partial charge in [-0.15, -0.1) is 0 Å². The summed E-state index contributed by atoms with van der Waals surface area (Å²) in [6.45, 7) is 2.68. The zero-order valence-corrected chi connectivity index (χ0v) is 10.7. The van der Waals surface area contributed by atoms with Crippen LogP contribution in [0.2, 0.25) is 0 Å². The zero-order chi connectivity index (χ0) is 13.2. The molecule has 0 unspecified atom stereocenters. The van der Waals surface area contributed by atoms with E-state index in [9.17, 15) is 9.59 Å². The van der Waals surface area contributed by atoms with Crippen LogP contribution in [-0.4, -0.2) is 28.3 Å².